The van der Waals surface area contributed by atoms with Gasteiger partial charge in [0, 0.05) is 0 Å². The minimum atomic E-state index is -0.689. The highest BCUT2D eigenvalue weighted by atomic mass is 16.5. The molecule has 1 aliphatic rings. The monoisotopic (exact) mass is 220 g/mol. The first-order valence-electron chi connectivity index (χ1n) is 5.64. The Balaban J connectivity index is 1.78. The summed E-state index contributed by atoms with van der Waals surface area (Å²) >= 11 is 0. The zero-order chi connectivity index (χ0) is 11.4. The van der Waals surface area contributed by atoms with Crippen molar-refractivity contribution in [1.29, 1.82) is 0 Å². The van der Waals surface area contributed by atoms with E-state index in [4.69, 9.17) is 9.84 Å². The highest BCUT2D eigenvalue weighted by Gasteiger charge is 2.30. The van der Waals surface area contributed by atoms with Gasteiger partial charge in [0.05, 0.1) is 18.6 Å². The molecule has 0 unspecified atom stereocenters. The molecule has 1 N–H and O–H groups in total. The normalized spacial score (nSPS) is 24.5. The summed E-state index contributed by atoms with van der Waals surface area (Å²) in [5.41, 5.74) is 1.14. The van der Waals surface area contributed by atoms with E-state index in [0.717, 1.165) is 18.4 Å². The SMILES string of the molecule is O=C(O)[C@@H]1CC[C@H](OCc2ccccc2)C1. The van der Waals surface area contributed by atoms with Crippen molar-refractivity contribution in [2.75, 3.05) is 0 Å². The highest BCUT2D eigenvalue weighted by molar-refractivity contribution is 5.70. The van der Waals surface area contributed by atoms with E-state index in [9.17, 15) is 4.79 Å². The lowest BCUT2D eigenvalue weighted by atomic mass is 10.1. The van der Waals surface area contributed by atoms with Gasteiger partial charge in [-0.15, -0.1) is 0 Å². The lowest BCUT2D eigenvalue weighted by Gasteiger charge is -2.11. The van der Waals surface area contributed by atoms with Gasteiger partial charge in [0.1, 0.15) is 0 Å². The molecule has 0 spiro atoms. The fourth-order valence-electron chi connectivity index (χ4n) is 2.10. The predicted molar refractivity (Wildman–Crippen MR) is 60.0 cm³/mol. The molecule has 1 saturated carbocycles. The first-order valence-corrected chi connectivity index (χ1v) is 5.64. The van der Waals surface area contributed by atoms with E-state index < -0.39 is 5.97 Å². The number of ether oxygens (including phenoxy) is 1. The van der Waals surface area contributed by atoms with Gasteiger partial charge < -0.3 is 9.84 Å². The van der Waals surface area contributed by atoms with Gasteiger partial charge in [-0.1, -0.05) is 30.3 Å². The Labute approximate surface area is 95.0 Å². The minimum Gasteiger partial charge on any atom is -0.481 e. The third-order valence-corrected chi connectivity index (χ3v) is 3.06. The Morgan fingerprint density at radius 3 is 2.69 bits per heavy atom. The number of carboxylic acids is 1. The average molecular weight is 220 g/mol. The van der Waals surface area contributed by atoms with E-state index in [1.54, 1.807) is 0 Å². The van der Waals surface area contributed by atoms with Gasteiger partial charge in [-0.3, -0.25) is 4.79 Å². The Morgan fingerprint density at radius 2 is 2.06 bits per heavy atom. The van der Waals surface area contributed by atoms with E-state index >= 15 is 0 Å². The van der Waals surface area contributed by atoms with Crippen molar-refractivity contribution in [1.82, 2.24) is 0 Å². The Morgan fingerprint density at radius 1 is 1.31 bits per heavy atom. The second-order valence-electron chi connectivity index (χ2n) is 4.27. The fourth-order valence-corrected chi connectivity index (χ4v) is 2.10. The molecule has 0 bridgehead atoms. The Hall–Kier alpha value is -1.35. The smallest absolute Gasteiger partial charge is 0.306 e. The molecule has 86 valence electrons. The fraction of sp³-hybridized carbons (Fsp3) is 0.462. The summed E-state index contributed by atoms with van der Waals surface area (Å²) in [5, 5.41) is 8.86. The second kappa shape index (κ2) is 5.12. The Kier molecular flexibility index (Phi) is 3.57. The molecule has 1 fully saturated rings. The zero-order valence-corrected chi connectivity index (χ0v) is 9.13. The van der Waals surface area contributed by atoms with Crippen LogP contribution in [0.2, 0.25) is 0 Å². The summed E-state index contributed by atoms with van der Waals surface area (Å²) in [6, 6.07) is 9.97. The molecule has 0 heterocycles. The van der Waals surface area contributed by atoms with E-state index in [1.807, 2.05) is 30.3 Å². The predicted octanol–water partition coefficient (Wildman–Crippen LogP) is 2.46. The van der Waals surface area contributed by atoms with Crippen LogP contribution in [-0.2, 0) is 16.1 Å². The van der Waals surface area contributed by atoms with Gasteiger partial charge in [0.15, 0.2) is 0 Å². The molecule has 0 aliphatic heterocycles. The molecular weight excluding hydrogens is 204 g/mol. The molecule has 3 nitrogen and oxygen atoms in total. The van der Waals surface area contributed by atoms with Crippen molar-refractivity contribution in [2.45, 2.75) is 32.0 Å². The van der Waals surface area contributed by atoms with E-state index in [1.165, 1.54) is 0 Å². The van der Waals surface area contributed by atoms with Gasteiger partial charge in [-0.2, -0.15) is 0 Å². The summed E-state index contributed by atoms with van der Waals surface area (Å²) in [6.45, 7) is 0.581. The number of carbonyl (C=O) groups is 1. The van der Waals surface area contributed by atoms with Crippen molar-refractivity contribution in [2.24, 2.45) is 5.92 Å². The number of benzene rings is 1. The number of rotatable bonds is 4. The van der Waals surface area contributed by atoms with Crippen molar-refractivity contribution in [3.8, 4) is 0 Å². The van der Waals surface area contributed by atoms with Crippen LogP contribution in [0.5, 0.6) is 0 Å². The summed E-state index contributed by atoms with van der Waals surface area (Å²) in [7, 11) is 0. The molecule has 0 radical (unpaired) electrons. The van der Waals surface area contributed by atoms with Crippen LogP contribution >= 0.6 is 0 Å². The molecular formula is C13H16O3. The first-order chi connectivity index (χ1) is 7.75. The van der Waals surface area contributed by atoms with Gasteiger partial charge in [0.2, 0.25) is 0 Å². The summed E-state index contributed by atoms with van der Waals surface area (Å²) in [6.07, 6.45) is 2.38. The van der Waals surface area contributed by atoms with E-state index in [0.29, 0.717) is 13.0 Å². The van der Waals surface area contributed by atoms with Crippen LogP contribution in [0.15, 0.2) is 30.3 Å². The topological polar surface area (TPSA) is 46.5 Å². The molecule has 0 saturated heterocycles. The van der Waals surface area contributed by atoms with E-state index in [2.05, 4.69) is 0 Å². The van der Waals surface area contributed by atoms with Crippen LogP contribution in [-0.4, -0.2) is 17.2 Å². The summed E-state index contributed by atoms with van der Waals surface area (Å²) in [4.78, 5) is 10.8. The van der Waals surface area contributed by atoms with Crippen molar-refractivity contribution >= 4 is 5.97 Å². The van der Waals surface area contributed by atoms with Crippen molar-refractivity contribution in [3.05, 3.63) is 35.9 Å². The maximum absolute atomic E-state index is 10.8. The Bertz CT molecular complexity index is 347. The largest absolute Gasteiger partial charge is 0.481 e. The average Bonchev–Trinajstić information content (AvgIpc) is 2.76. The molecule has 2 atom stereocenters. The third kappa shape index (κ3) is 2.83. The maximum atomic E-state index is 10.8. The minimum absolute atomic E-state index is 0.112. The number of hydrogen-bond donors (Lipinski definition) is 1. The molecule has 3 heteroatoms. The lowest BCUT2D eigenvalue weighted by molar-refractivity contribution is -0.141. The molecule has 16 heavy (non-hydrogen) atoms. The van der Waals surface area contributed by atoms with Crippen LogP contribution in [0.25, 0.3) is 0 Å². The van der Waals surface area contributed by atoms with Crippen molar-refractivity contribution in [3.63, 3.8) is 0 Å². The maximum Gasteiger partial charge on any atom is 0.306 e. The van der Waals surface area contributed by atoms with Crippen LogP contribution in [0.1, 0.15) is 24.8 Å². The quantitative estimate of drug-likeness (QED) is 0.847. The van der Waals surface area contributed by atoms with Crippen LogP contribution in [0.4, 0.5) is 0 Å². The summed E-state index contributed by atoms with van der Waals surface area (Å²) in [5.74, 6) is -0.897. The van der Waals surface area contributed by atoms with E-state index in [-0.39, 0.29) is 12.0 Å². The van der Waals surface area contributed by atoms with Gasteiger partial charge in [-0.25, -0.2) is 0 Å². The third-order valence-electron chi connectivity index (χ3n) is 3.06. The zero-order valence-electron chi connectivity index (χ0n) is 9.13. The van der Waals surface area contributed by atoms with Crippen LogP contribution in [0, 0.1) is 5.92 Å². The standard InChI is InChI=1S/C13H16O3/c14-13(15)11-6-7-12(8-11)16-9-10-4-2-1-3-5-10/h1-5,11-12H,6-9H2,(H,14,15)/t11-,12+/m1/s1. The number of carboxylic acid groups (broad SMARTS) is 1. The second-order valence-corrected chi connectivity index (χ2v) is 4.27. The molecule has 1 aromatic rings. The lowest BCUT2D eigenvalue weighted by Crippen LogP contribution is -2.13. The number of aliphatic carboxylic acids is 1. The molecule has 2 rings (SSSR count). The molecule has 0 aromatic heterocycles. The molecule has 1 aliphatic carbocycles. The number of hydrogen-bond acceptors (Lipinski definition) is 2. The van der Waals surface area contributed by atoms with Gasteiger partial charge >= 0.3 is 5.97 Å². The van der Waals surface area contributed by atoms with Crippen LogP contribution in [0.3, 0.4) is 0 Å². The van der Waals surface area contributed by atoms with Gasteiger partial charge in [0.25, 0.3) is 0 Å². The summed E-state index contributed by atoms with van der Waals surface area (Å²) < 4.78 is 5.71. The highest BCUT2D eigenvalue weighted by Crippen LogP contribution is 2.28. The van der Waals surface area contributed by atoms with Crippen LogP contribution < -0.4 is 0 Å². The van der Waals surface area contributed by atoms with Crippen molar-refractivity contribution < 1.29 is 14.6 Å². The first kappa shape index (κ1) is 11.1. The molecule has 0 amide bonds. The molecule has 1 aromatic carbocycles. The van der Waals surface area contributed by atoms with Gasteiger partial charge in [-0.05, 0) is 24.8 Å².